The van der Waals surface area contributed by atoms with Crippen molar-refractivity contribution < 1.29 is 14.6 Å². The van der Waals surface area contributed by atoms with E-state index < -0.39 is 5.97 Å². The van der Waals surface area contributed by atoms with Crippen LogP contribution in [0.3, 0.4) is 0 Å². The highest BCUT2D eigenvalue weighted by Gasteiger charge is 2.34. The van der Waals surface area contributed by atoms with Gasteiger partial charge < -0.3 is 9.84 Å². The third-order valence-electron chi connectivity index (χ3n) is 3.00. The lowest BCUT2D eigenvalue weighted by Crippen LogP contribution is -2.55. The predicted molar refractivity (Wildman–Crippen MR) is 57.9 cm³/mol. The molecule has 1 N–H and O–H groups in total. The molecule has 4 heteroatoms. The maximum atomic E-state index is 11.0. The summed E-state index contributed by atoms with van der Waals surface area (Å²) < 4.78 is 4.93. The summed E-state index contributed by atoms with van der Waals surface area (Å²) >= 11 is 0. The predicted octanol–water partition coefficient (Wildman–Crippen LogP) is 1.21. The minimum absolute atomic E-state index is 0.349. The van der Waals surface area contributed by atoms with E-state index in [4.69, 9.17) is 9.84 Å². The molecule has 0 aromatic heterocycles. The number of hydrogen-bond acceptors (Lipinski definition) is 3. The van der Waals surface area contributed by atoms with Crippen LogP contribution in [0.2, 0.25) is 0 Å². The van der Waals surface area contributed by atoms with Crippen LogP contribution in [0.4, 0.5) is 0 Å². The van der Waals surface area contributed by atoms with Crippen LogP contribution in [0.1, 0.15) is 26.2 Å². The molecule has 1 atom stereocenters. The van der Waals surface area contributed by atoms with Crippen molar-refractivity contribution in [1.82, 2.24) is 4.90 Å². The Morgan fingerprint density at radius 2 is 2.27 bits per heavy atom. The second-order valence-electron chi connectivity index (χ2n) is 4.24. The van der Waals surface area contributed by atoms with Gasteiger partial charge in [-0.05, 0) is 18.8 Å². The largest absolute Gasteiger partial charge is 0.480 e. The molecule has 0 radical (unpaired) electrons. The van der Waals surface area contributed by atoms with Gasteiger partial charge in [-0.2, -0.15) is 0 Å². The van der Waals surface area contributed by atoms with Crippen molar-refractivity contribution >= 4 is 5.97 Å². The van der Waals surface area contributed by atoms with Gasteiger partial charge in [-0.15, -0.1) is 0 Å². The normalized spacial score (nSPS) is 19.9. The van der Waals surface area contributed by atoms with Gasteiger partial charge >= 0.3 is 5.97 Å². The Morgan fingerprint density at radius 3 is 2.73 bits per heavy atom. The summed E-state index contributed by atoms with van der Waals surface area (Å²) in [6.07, 6.45) is 2.99. The summed E-state index contributed by atoms with van der Waals surface area (Å²) in [4.78, 5) is 13.1. The fourth-order valence-corrected chi connectivity index (χ4v) is 2.15. The third-order valence-corrected chi connectivity index (χ3v) is 3.00. The summed E-state index contributed by atoms with van der Waals surface area (Å²) in [5.74, 6) is -0.0126. The summed E-state index contributed by atoms with van der Waals surface area (Å²) in [6.45, 7) is 4.57. The molecule has 0 aliphatic carbocycles. The molecule has 0 spiro atoms. The Bertz CT molecular complexity index is 202. The maximum Gasteiger partial charge on any atom is 0.321 e. The molecular formula is C11H21NO3. The first-order chi connectivity index (χ1) is 7.19. The van der Waals surface area contributed by atoms with Crippen molar-refractivity contribution in [3.05, 3.63) is 0 Å². The Balaban J connectivity index is 2.30. The van der Waals surface area contributed by atoms with E-state index in [1.165, 1.54) is 12.8 Å². The second-order valence-corrected chi connectivity index (χ2v) is 4.24. The zero-order valence-corrected chi connectivity index (χ0v) is 9.61. The number of carboxylic acids is 1. The highest BCUT2D eigenvalue weighted by atomic mass is 16.5. The van der Waals surface area contributed by atoms with Crippen molar-refractivity contribution in [1.29, 1.82) is 0 Å². The van der Waals surface area contributed by atoms with Crippen molar-refractivity contribution in [2.24, 2.45) is 5.92 Å². The van der Waals surface area contributed by atoms with Crippen molar-refractivity contribution in [2.75, 3.05) is 26.8 Å². The molecule has 15 heavy (non-hydrogen) atoms. The van der Waals surface area contributed by atoms with Gasteiger partial charge in [0.25, 0.3) is 0 Å². The molecular weight excluding hydrogens is 194 g/mol. The van der Waals surface area contributed by atoms with Crippen molar-refractivity contribution in [3.8, 4) is 0 Å². The van der Waals surface area contributed by atoms with E-state index in [2.05, 4.69) is 6.92 Å². The summed E-state index contributed by atoms with van der Waals surface area (Å²) in [6, 6.07) is -0.349. The van der Waals surface area contributed by atoms with Crippen LogP contribution >= 0.6 is 0 Å². The van der Waals surface area contributed by atoms with Crippen LogP contribution in [-0.2, 0) is 9.53 Å². The van der Waals surface area contributed by atoms with Crippen LogP contribution in [0, 0.1) is 5.92 Å². The fourth-order valence-electron chi connectivity index (χ4n) is 2.15. The number of aliphatic carboxylic acids is 1. The SMILES string of the molecule is CCCC1CN(C(CCOC)C(=O)O)C1. The zero-order valence-electron chi connectivity index (χ0n) is 9.61. The molecule has 0 aromatic carbocycles. The lowest BCUT2D eigenvalue weighted by molar-refractivity contribution is -0.147. The number of carboxylic acid groups (broad SMARTS) is 1. The first-order valence-corrected chi connectivity index (χ1v) is 5.64. The van der Waals surface area contributed by atoms with E-state index in [0.717, 1.165) is 13.1 Å². The zero-order chi connectivity index (χ0) is 11.3. The van der Waals surface area contributed by atoms with Crippen LogP contribution in [0.25, 0.3) is 0 Å². The molecule has 1 fully saturated rings. The Hall–Kier alpha value is -0.610. The number of carbonyl (C=O) groups is 1. The van der Waals surface area contributed by atoms with Gasteiger partial charge in [-0.1, -0.05) is 13.3 Å². The summed E-state index contributed by atoms with van der Waals surface area (Å²) in [5, 5.41) is 9.05. The fraction of sp³-hybridized carbons (Fsp3) is 0.909. The van der Waals surface area contributed by atoms with Crippen molar-refractivity contribution in [3.63, 3.8) is 0 Å². The van der Waals surface area contributed by atoms with Gasteiger partial charge in [0.15, 0.2) is 0 Å². The quantitative estimate of drug-likeness (QED) is 0.693. The Morgan fingerprint density at radius 1 is 1.60 bits per heavy atom. The van der Waals surface area contributed by atoms with Crippen LogP contribution in [0.15, 0.2) is 0 Å². The standard InChI is InChI=1S/C11H21NO3/c1-3-4-9-7-12(8-9)10(11(13)14)5-6-15-2/h9-10H,3-8H2,1-2H3,(H,13,14). The molecule has 1 unspecified atom stereocenters. The smallest absolute Gasteiger partial charge is 0.321 e. The van der Waals surface area contributed by atoms with Crippen LogP contribution < -0.4 is 0 Å². The summed E-state index contributed by atoms with van der Waals surface area (Å²) in [7, 11) is 1.61. The number of nitrogens with zero attached hydrogens (tertiary/aromatic N) is 1. The molecule has 4 nitrogen and oxygen atoms in total. The molecule has 88 valence electrons. The topological polar surface area (TPSA) is 49.8 Å². The molecule has 0 aromatic rings. The van der Waals surface area contributed by atoms with Gasteiger partial charge in [0.1, 0.15) is 6.04 Å². The number of ether oxygens (including phenoxy) is 1. The molecule has 0 saturated carbocycles. The minimum atomic E-state index is -0.720. The molecule has 1 heterocycles. The molecule has 0 bridgehead atoms. The highest BCUT2D eigenvalue weighted by Crippen LogP contribution is 2.24. The molecule has 1 saturated heterocycles. The number of rotatable bonds is 7. The lowest BCUT2D eigenvalue weighted by atomic mass is 9.92. The first-order valence-electron chi connectivity index (χ1n) is 5.64. The number of likely N-dealkylation sites (tertiary alicyclic amines) is 1. The van der Waals surface area contributed by atoms with Gasteiger partial charge in [0, 0.05) is 26.8 Å². The van der Waals surface area contributed by atoms with E-state index in [1.807, 2.05) is 4.90 Å². The number of methoxy groups -OCH3 is 1. The van der Waals surface area contributed by atoms with E-state index in [1.54, 1.807) is 7.11 Å². The van der Waals surface area contributed by atoms with E-state index in [9.17, 15) is 4.79 Å². The van der Waals surface area contributed by atoms with Gasteiger partial charge in [-0.25, -0.2) is 0 Å². The molecule has 1 aliphatic rings. The first kappa shape index (κ1) is 12.5. The molecule has 1 rings (SSSR count). The Kier molecular flexibility index (Phi) is 5.05. The third kappa shape index (κ3) is 3.47. The van der Waals surface area contributed by atoms with Gasteiger partial charge in [0.05, 0.1) is 0 Å². The van der Waals surface area contributed by atoms with Gasteiger partial charge in [0.2, 0.25) is 0 Å². The van der Waals surface area contributed by atoms with E-state index in [0.29, 0.717) is 18.9 Å². The van der Waals surface area contributed by atoms with Crippen molar-refractivity contribution in [2.45, 2.75) is 32.2 Å². The number of hydrogen-bond donors (Lipinski definition) is 1. The lowest BCUT2D eigenvalue weighted by Gasteiger charge is -2.42. The highest BCUT2D eigenvalue weighted by molar-refractivity contribution is 5.73. The second kappa shape index (κ2) is 6.08. The molecule has 0 amide bonds. The van der Waals surface area contributed by atoms with Gasteiger partial charge in [-0.3, -0.25) is 9.69 Å². The average molecular weight is 215 g/mol. The van der Waals surface area contributed by atoms with Crippen LogP contribution in [-0.4, -0.2) is 48.8 Å². The minimum Gasteiger partial charge on any atom is -0.480 e. The maximum absolute atomic E-state index is 11.0. The Labute approximate surface area is 91.2 Å². The average Bonchev–Trinajstić information content (AvgIpc) is 2.13. The monoisotopic (exact) mass is 215 g/mol. The van der Waals surface area contributed by atoms with Crippen LogP contribution in [0.5, 0.6) is 0 Å². The van der Waals surface area contributed by atoms with E-state index in [-0.39, 0.29) is 6.04 Å². The summed E-state index contributed by atoms with van der Waals surface area (Å²) in [5.41, 5.74) is 0. The van der Waals surface area contributed by atoms with E-state index >= 15 is 0 Å². The molecule has 1 aliphatic heterocycles.